The predicted molar refractivity (Wildman–Crippen MR) is 154 cm³/mol. The van der Waals surface area contributed by atoms with Crippen LogP contribution in [0.5, 0.6) is 5.75 Å². The average Bonchev–Trinajstić information content (AvgIpc) is 2.88. The number of hydrogen-bond donors (Lipinski definition) is 0. The van der Waals surface area contributed by atoms with Crippen molar-refractivity contribution in [2.24, 2.45) is 0 Å². The first kappa shape index (κ1) is 29.4. The van der Waals surface area contributed by atoms with Gasteiger partial charge in [-0.05, 0) is 69.0 Å². The van der Waals surface area contributed by atoms with Gasteiger partial charge >= 0.3 is 0 Å². The Balaban J connectivity index is 0.000000223. The molecule has 36 heavy (non-hydrogen) atoms. The van der Waals surface area contributed by atoms with Crippen molar-refractivity contribution in [3.63, 3.8) is 0 Å². The molecule has 0 unspecified atom stereocenters. The molecule has 0 N–H and O–H groups in total. The van der Waals surface area contributed by atoms with Gasteiger partial charge in [-0.25, -0.2) is 0 Å². The van der Waals surface area contributed by atoms with Crippen LogP contribution in [0, 0.1) is 6.92 Å². The first-order valence-corrected chi connectivity index (χ1v) is 13.8. The van der Waals surface area contributed by atoms with Gasteiger partial charge < -0.3 is 5.11 Å². The summed E-state index contributed by atoms with van der Waals surface area (Å²) < 4.78 is 0. The van der Waals surface area contributed by atoms with Crippen molar-refractivity contribution in [2.45, 2.75) is 32.6 Å². The van der Waals surface area contributed by atoms with E-state index < -0.39 is 7.92 Å². The maximum Gasteiger partial charge on any atom is 0.102 e. The molecule has 0 saturated carbocycles. The van der Waals surface area contributed by atoms with Crippen LogP contribution in [0.1, 0.15) is 31.2 Å². The van der Waals surface area contributed by atoms with Gasteiger partial charge in [0.1, 0.15) is 15.9 Å². The number of hydrogen-bond acceptors (Lipinski definition) is 1. The summed E-state index contributed by atoms with van der Waals surface area (Å²) >= 11 is 0. The maximum absolute atomic E-state index is 10.4. The summed E-state index contributed by atoms with van der Waals surface area (Å²) in [6.07, 6.45) is 14.0. The Bertz CT molecular complexity index is 1000. The summed E-state index contributed by atoms with van der Waals surface area (Å²) in [4.78, 5) is 0. The van der Waals surface area contributed by atoms with Gasteiger partial charge in [-0.15, -0.1) is 5.75 Å². The zero-order chi connectivity index (χ0) is 24.6. The fraction of sp³-hybridized carbons (Fsp3) is 0.152. The van der Waals surface area contributed by atoms with E-state index in [1.807, 2.05) is 19.1 Å². The van der Waals surface area contributed by atoms with Crippen molar-refractivity contribution in [3.8, 4) is 5.75 Å². The van der Waals surface area contributed by atoms with Gasteiger partial charge in [0, 0.05) is 19.5 Å². The van der Waals surface area contributed by atoms with Crippen LogP contribution in [0.3, 0.4) is 0 Å². The van der Waals surface area contributed by atoms with Gasteiger partial charge in [0.05, 0.1) is 7.92 Å². The van der Waals surface area contributed by atoms with E-state index >= 15 is 0 Å². The molecule has 1 aliphatic rings. The number of allylic oxidation sites excluding steroid dienone is 4. The first-order valence-electron chi connectivity index (χ1n) is 12.3. The Labute approximate surface area is 231 Å². The molecule has 1 aliphatic carbocycles. The molecule has 4 aromatic carbocycles. The van der Waals surface area contributed by atoms with Crippen molar-refractivity contribution < 1.29 is 24.6 Å². The van der Waals surface area contributed by atoms with E-state index in [-0.39, 0.29) is 25.2 Å². The standard InChI is InChI=1S/C18H15P.C8H12.C7H8O.Rh/c1-4-10-16(11-5-1)19(17-12-6-2-7-13-17)18-14-8-3-9-15-18;1-2-4-6-8-7-5-3-1;1-6-2-4-7(8)5-3-6;/h1-15H;1-2,7-8H,3-6H2;2-5,8H,1H3;/b;2-1-,8-7-;;. The second kappa shape index (κ2) is 17.6. The Morgan fingerprint density at radius 1 is 0.472 bits per heavy atom. The van der Waals surface area contributed by atoms with Crippen molar-refractivity contribution in [1.82, 2.24) is 0 Å². The molecule has 0 aliphatic heterocycles. The van der Waals surface area contributed by atoms with Crippen molar-refractivity contribution >= 4 is 23.8 Å². The van der Waals surface area contributed by atoms with Crippen LogP contribution in [0.2, 0.25) is 0 Å². The van der Waals surface area contributed by atoms with E-state index in [2.05, 4.69) is 115 Å². The van der Waals surface area contributed by atoms with Crippen molar-refractivity contribution in [2.75, 3.05) is 0 Å². The van der Waals surface area contributed by atoms with E-state index in [0.29, 0.717) is 0 Å². The van der Waals surface area contributed by atoms with Gasteiger partial charge in [-0.3, -0.25) is 0 Å². The third kappa shape index (κ3) is 10.9. The summed E-state index contributed by atoms with van der Waals surface area (Å²) in [5.41, 5.74) is 1.13. The molecule has 187 valence electrons. The van der Waals surface area contributed by atoms with E-state index in [9.17, 15) is 5.11 Å². The second-order valence-electron chi connectivity index (χ2n) is 8.38. The molecule has 0 atom stereocenters. The summed E-state index contributed by atoms with van der Waals surface area (Å²) in [7, 11) is -0.877. The van der Waals surface area contributed by atoms with Crippen molar-refractivity contribution in [1.29, 1.82) is 0 Å². The molecule has 3 heteroatoms. The Morgan fingerprint density at radius 2 is 0.778 bits per heavy atom. The monoisotopic (exact) mass is 581 g/mol. The van der Waals surface area contributed by atoms with E-state index in [1.165, 1.54) is 41.6 Å². The summed E-state index contributed by atoms with van der Waals surface area (Å²) in [5, 5.41) is 14.7. The molecule has 0 aromatic heterocycles. The van der Waals surface area contributed by atoms with Gasteiger partial charge in [-0.1, -0.05) is 109 Å². The number of aryl methyl sites for hydroxylation is 1. The average molecular weight is 582 g/mol. The molecule has 0 amide bonds. The molecule has 5 rings (SSSR count). The molecule has 0 spiro atoms. The third-order valence-electron chi connectivity index (χ3n) is 5.54. The van der Waals surface area contributed by atoms with Crippen LogP contribution in [0.25, 0.3) is 0 Å². The SMILES string of the molecule is C1=C\CC/C=C\CC/1.Cc1ccc([O-])cc1.[Rh].c1ccc([PH+](c2ccccc2)c2ccccc2)cc1. The minimum absolute atomic E-state index is 0. The van der Waals surface area contributed by atoms with E-state index in [1.54, 1.807) is 12.1 Å². The zero-order valence-electron chi connectivity index (χ0n) is 20.8. The third-order valence-corrected chi connectivity index (χ3v) is 8.27. The minimum atomic E-state index is -0.877. The Hall–Kier alpha value is -2.79. The molecule has 0 bridgehead atoms. The van der Waals surface area contributed by atoms with Crippen LogP contribution in [0.4, 0.5) is 0 Å². The molecule has 0 saturated heterocycles. The van der Waals surface area contributed by atoms with E-state index in [4.69, 9.17) is 0 Å². The summed E-state index contributed by atoms with van der Waals surface area (Å²) in [5.74, 6) is 0.0793. The first-order chi connectivity index (χ1) is 17.2. The zero-order valence-corrected chi connectivity index (χ0v) is 23.5. The van der Waals surface area contributed by atoms with Crippen LogP contribution in [-0.2, 0) is 19.5 Å². The molecule has 1 nitrogen and oxygen atoms in total. The molecule has 1 radical (unpaired) electrons. The number of benzene rings is 4. The van der Waals surface area contributed by atoms with Crippen LogP contribution in [0.15, 0.2) is 140 Å². The molecule has 4 aromatic rings. The molecule has 0 heterocycles. The maximum atomic E-state index is 10.4. The van der Waals surface area contributed by atoms with Crippen LogP contribution in [-0.4, -0.2) is 0 Å². The van der Waals surface area contributed by atoms with Crippen molar-refractivity contribution in [3.05, 3.63) is 145 Å². The normalized spacial score (nSPS) is 13.8. The Morgan fingerprint density at radius 3 is 1.06 bits per heavy atom. The summed E-state index contributed by atoms with van der Waals surface area (Å²) in [6, 6.07) is 39.2. The smallest absolute Gasteiger partial charge is 0.102 e. The van der Waals surface area contributed by atoms with Gasteiger partial charge in [0.25, 0.3) is 0 Å². The van der Waals surface area contributed by atoms with Crippen LogP contribution < -0.4 is 21.0 Å². The fourth-order valence-corrected chi connectivity index (χ4v) is 6.29. The summed E-state index contributed by atoms with van der Waals surface area (Å²) in [6.45, 7) is 1.96. The molecule has 0 fully saturated rings. The number of rotatable bonds is 3. The van der Waals surface area contributed by atoms with Gasteiger partial charge in [-0.2, -0.15) is 0 Å². The largest absolute Gasteiger partial charge is 0.872 e. The van der Waals surface area contributed by atoms with Crippen LogP contribution >= 0.6 is 7.92 Å². The van der Waals surface area contributed by atoms with Gasteiger partial charge in [0.2, 0.25) is 0 Å². The fourth-order valence-electron chi connectivity index (χ4n) is 3.71. The molecular formula is C33H35OPRh. The van der Waals surface area contributed by atoms with E-state index in [0.717, 1.165) is 5.56 Å². The molecular weight excluding hydrogens is 546 g/mol. The van der Waals surface area contributed by atoms with Gasteiger partial charge in [0.15, 0.2) is 0 Å². The minimum Gasteiger partial charge on any atom is -0.872 e. The topological polar surface area (TPSA) is 23.1 Å². The quantitative estimate of drug-likeness (QED) is 0.146. The second-order valence-corrected chi connectivity index (χ2v) is 10.9. The predicted octanol–water partition coefficient (Wildman–Crippen LogP) is 6.92. The Kier molecular flexibility index (Phi) is 14.4.